The van der Waals surface area contributed by atoms with Crippen molar-refractivity contribution >= 4 is 28.0 Å². The molecule has 0 unspecified atom stereocenters. The molecule has 0 aliphatic carbocycles. The van der Waals surface area contributed by atoms with Crippen molar-refractivity contribution in [2.24, 2.45) is 5.92 Å². The van der Waals surface area contributed by atoms with Crippen molar-refractivity contribution in [2.75, 3.05) is 24.7 Å². The number of aliphatic hydroxyl groups excluding tert-OH is 4. The fourth-order valence-electron chi connectivity index (χ4n) is 4.34. The van der Waals surface area contributed by atoms with Gasteiger partial charge in [-0.05, 0) is 65.2 Å². The fraction of sp³-hybridized carbons (Fsp3) is 0.480. The zero-order valence-corrected chi connectivity index (χ0v) is 19.9. The summed E-state index contributed by atoms with van der Waals surface area (Å²) in [5, 5.41) is 40.6. The molecule has 5 atom stereocenters. The first-order chi connectivity index (χ1) is 15.9. The van der Waals surface area contributed by atoms with E-state index in [0.717, 1.165) is 29.2 Å². The van der Waals surface area contributed by atoms with Crippen molar-refractivity contribution in [3.63, 3.8) is 0 Å². The van der Waals surface area contributed by atoms with Crippen molar-refractivity contribution in [1.82, 2.24) is 0 Å². The zero-order valence-electron chi connectivity index (χ0n) is 18.3. The van der Waals surface area contributed by atoms with Gasteiger partial charge in [-0.15, -0.1) is 0 Å². The predicted molar refractivity (Wildman–Crippen MR) is 131 cm³/mol. The molecule has 33 heavy (non-hydrogen) atoms. The Labute approximate surface area is 201 Å². The molecule has 2 aromatic rings. The highest BCUT2D eigenvalue weighted by Crippen LogP contribution is 2.35. The molecular formula is C25H31ClO6S. The van der Waals surface area contributed by atoms with Crippen LogP contribution >= 0.6 is 22.1 Å². The van der Waals surface area contributed by atoms with Gasteiger partial charge in [0.05, 0.1) is 13.2 Å². The Morgan fingerprint density at radius 2 is 1.76 bits per heavy atom. The van der Waals surface area contributed by atoms with Crippen molar-refractivity contribution in [3.05, 3.63) is 64.2 Å². The molecule has 2 aliphatic rings. The molecule has 6 nitrogen and oxygen atoms in total. The van der Waals surface area contributed by atoms with Gasteiger partial charge in [-0.2, -0.15) is 10.5 Å². The second-order valence-corrected chi connectivity index (χ2v) is 11.2. The first-order valence-corrected chi connectivity index (χ1v) is 13.2. The van der Waals surface area contributed by atoms with E-state index in [4.69, 9.17) is 21.1 Å². The lowest BCUT2D eigenvalue weighted by molar-refractivity contribution is -0.231. The molecule has 2 heterocycles. The summed E-state index contributed by atoms with van der Waals surface area (Å²) >= 11 is 6.43. The summed E-state index contributed by atoms with van der Waals surface area (Å²) in [6.07, 6.45) is -4.33. The smallest absolute Gasteiger partial charge is 0.119 e. The van der Waals surface area contributed by atoms with Crippen molar-refractivity contribution in [3.8, 4) is 5.75 Å². The maximum absolute atomic E-state index is 10.4. The van der Waals surface area contributed by atoms with E-state index in [1.807, 2.05) is 30.3 Å². The summed E-state index contributed by atoms with van der Waals surface area (Å²) in [5.41, 5.74) is 2.51. The summed E-state index contributed by atoms with van der Waals surface area (Å²) in [4.78, 5) is 0. The molecule has 2 saturated heterocycles. The van der Waals surface area contributed by atoms with Crippen LogP contribution in [0.5, 0.6) is 5.75 Å². The van der Waals surface area contributed by atoms with Gasteiger partial charge >= 0.3 is 0 Å². The summed E-state index contributed by atoms with van der Waals surface area (Å²) in [6.45, 7) is 0.252. The Morgan fingerprint density at radius 1 is 1.03 bits per heavy atom. The fourth-order valence-corrected chi connectivity index (χ4v) is 6.09. The van der Waals surface area contributed by atoms with Gasteiger partial charge in [-0.25, -0.2) is 0 Å². The zero-order chi connectivity index (χ0) is 23.5. The number of rotatable bonds is 8. The van der Waals surface area contributed by atoms with Crippen LogP contribution in [0, 0.1) is 5.92 Å². The second kappa shape index (κ2) is 10.9. The van der Waals surface area contributed by atoms with Crippen molar-refractivity contribution < 1.29 is 29.9 Å². The van der Waals surface area contributed by atoms with E-state index >= 15 is 0 Å². The van der Waals surface area contributed by atoms with Gasteiger partial charge < -0.3 is 29.9 Å². The maximum atomic E-state index is 10.4. The molecule has 0 aromatic heterocycles. The van der Waals surface area contributed by atoms with Gasteiger partial charge in [-0.3, -0.25) is 0 Å². The van der Waals surface area contributed by atoms with Crippen LogP contribution in [0.1, 0.15) is 29.2 Å². The van der Waals surface area contributed by atoms with Gasteiger partial charge in [-0.1, -0.05) is 41.7 Å². The highest BCUT2D eigenvalue weighted by molar-refractivity contribution is 8.15. The average molecular weight is 495 g/mol. The first-order valence-electron chi connectivity index (χ1n) is 11.1. The molecule has 8 heteroatoms. The molecule has 4 N–H and O–H groups in total. The van der Waals surface area contributed by atoms with Gasteiger partial charge in [0, 0.05) is 5.02 Å². The van der Waals surface area contributed by atoms with E-state index in [9.17, 15) is 20.4 Å². The van der Waals surface area contributed by atoms with Crippen LogP contribution in [0.25, 0.3) is 0 Å². The van der Waals surface area contributed by atoms with Gasteiger partial charge in [0.2, 0.25) is 0 Å². The quantitative estimate of drug-likeness (QED) is 0.421. The third-order valence-corrected chi connectivity index (χ3v) is 8.60. The molecule has 2 fully saturated rings. The van der Waals surface area contributed by atoms with Crippen LogP contribution < -0.4 is 4.74 Å². The van der Waals surface area contributed by atoms with Gasteiger partial charge in [0.1, 0.15) is 36.3 Å². The Kier molecular flexibility index (Phi) is 8.12. The van der Waals surface area contributed by atoms with E-state index in [1.54, 1.807) is 12.1 Å². The molecule has 0 saturated carbocycles. The van der Waals surface area contributed by atoms with Crippen LogP contribution in [-0.4, -0.2) is 75.4 Å². The van der Waals surface area contributed by atoms with Crippen LogP contribution in [0.4, 0.5) is 0 Å². The van der Waals surface area contributed by atoms with E-state index in [1.165, 1.54) is 11.5 Å². The molecule has 2 aliphatic heterocycles. The number of hydrogen-bond donors (Lipinski definition) is 4. The highest BCUT2D eigenvalue weighted by atomic mass is 35.5. The molecule has 0 radical (unpaired) electrons. The maximum Gasteiger partial charge on any atom is 0.119 e. The summed E-state index contributed by atoms with van der Waals surface area (Å²) in [6, 6.07) is 13.2. The number of aliphatic hydroxyl groups is 4. The van der Waals surface area contributed by atoms with Crippen LogP contribution in [-0.2, 0) is 11.2 Å². The van der Waals surface area contributed by atoms with Gasteiger partial charge in [0.25, 0.3) is 0 Å². The minimum Gasteiger partial charge on any atom is -0.494 e. The van der Waals surface area contributed by atoms with Gasteiger partial charge in [0.15, 0.2) is 0 Å². The van der Waals surface area contributed by atoms with Crippen LogP contribution in [0.3, 0.4) is 0 Å². The lowest BCUT2D eigenvalue weighted by Crippen LogP contribution is -2.55. The monoisotopic (exact) mass is 494 g/mol. The second-order valence-electron chi connectivity index (χ2n) is 8.87. The number of ether oxygens (including phenoxy) is 2. The van der Waals surface area contributed by atoms with E-state index in [-0.39, 0.29) is 0 Å². The topological polar surface area (TPSA) is 99.4 Å². The largest absolute Gasteiger partial charge is 0.494 e. The average Bonchev–Trinajstić information content (AvgIpc) is 2.79. The molecular weight excluding hydrogens is 464 g/mol. The lowest BCUT2D eigenvalue weighted by Gasteiger charge is -2.40. The molecule has 180 valence electrons. The van der Waals surface area contributed by atoms with E-state index in [2.05, 4.69) is 5.87 Å². The minimum absolute atomic E-state index is 0.371. The predicted octanol–water partition coefficient (Wildman–Crippen LogP) is 2.55. The Hall–Kier alpha value is -1.45. The molecule has 4 rings (SSSR count). The summed E-state index contributed by atoms with van der Waals surface area (Å²) in [5.74, 6) is 8.13. The molecule has 0 bridgehead atoms. The summed E-state index contributed by atoms with van der Waals surface area (Å²) < 4.78 is 11.6. The molecule has 0 amide bonds. The van der Waals surface area contributed by atoms with Crippen molar-refractivity contribution in [2.45, 2.75) is 43.4 Å². The van der Waals surface area contributed by atoms with E-state index < -0.39 is 37.1 Å². The standard InChI is InChI=1S/C25H31ClO6S/c1-33-13-16(14-33)8-9-31-19-5-2-15(3-6-19)10-18-11-17(4-7-20(18)26)25-24(30)23(29)22(28)21(12-27)32-25/h2-7,11,16,21-25,27-30H,1,8-10,12-14H2/t16?,21-,22-,23+,24-,25+,33?/m1/s1. The Morgan fingerprint density at radius 3 is 2.42 bits per heavy atom. The van der Waals surface area contributed by atoms with E-state index in [0.29, 0.717) is 34.1 Å². The Balaban J connectivity index is 1.40. The lowest BCUT2D eigenvalue weighted by atomic mass is 9.90. The third kappa shape index (κ3) is 5.80. The third-order valence-electron chi connectivity index (χ3n) is 6.35. The highest BCUT2D eigenvalue weighted by Gasteiger charge is 2.44. The van der Waals surface area contributed by atoms with Crippen molar-refractivity contribution in [1.29, 1.82) is 0 Å². The van der Waals surface area contributed by atoms with Crippen LogP contribution in [0.2, 0.25) is 5.02 Å². The first kappa shape index (κ1) is 24.7. The molecule has 0 spiro atoms. The number of halogens is 1. The van der Waals surface area contributed by atoms with Crippen LogP contribution in [0.15, 0.2) is 42.5 Å². The summed E-state index contributed by atoms with van der Waals surface area (Å²) in [7, 11) is 0.371. The number of hydrogen-bond acceptors (Lipinski definition) is 6. The Bertz CT molecular complexity index is 958. The minimum atomic E-state index is -1.42. The SMILES string of the molecule is C=S1CC(CCOc2ccc(Cc3cc([C@@H]4O[C@H](CO)[C@@H](O)[C@H](O)[C@H]4O)ccc3Cl)cc2)C1. The normalized spacial score (nSPS) is 31.7. The number of benzene rings is 2. The molecule has 2 aromatic carbocycles.